The number of carbonyl (C=O) groups is 3. The summed E-state index contributed by atoms with van der Waals surface area (Å²) in [7, 11) is 0. The lowest BCUT2D eigenvalue weighted by atomic mass is 10.3. The minimum absolute atomic E-state index is 0.00280. The molecule has 0 saturated heterocycles. The van der Waals surface area contributed by atoms with Crippen molar-refractivity contribution in [2.45, 2.75) is 26.2 Å². The van der Waals surface area contributed by atoms with Crippen molar-refractivity contribution in [3.63, 3.8) is 0 Å². The van der Waals surface area contributed by atoms with Crippen LogP contribution >= 0.6 is 11.8 Å². The van der Waals surface area contributed by atoms with Gasteiger partial charge in [0, 0.05) is 12.2 Å². The summed E-state index contributed by atoms with van der Waals surface area (Å²) in [6.45, 7) is 2.04. The van der Waals surface area contributed by atoms with Crippen LogP contribution in [0.2, 0.25) is 0 Å². The van der Waals surface area contributed by atoms with Gasteiger partial charge in [-0.25, -0.2) is 0 Å². The van der Waals surface area contributed by atoms with Crippen LogP contribution < -0.4 is 0 Å². The van der Waals surface area contributed by atoms with Crippen LogP contribution in [-0.2, 0) is 19.1 Å². The van der Waals surface area contributed by atoms with Gasteiger partial charge in [-0.3, -0.25) is 14.4 Å². The summed E-state index contributed by atoms with van der Waals surface area (Å²) in [6, 6.07) is 0. The molecule has 0 rings (SSSR count). The van der Waals surface area contributed by atoms with Crippen LogP contribution in [0.4, 0.5) is 0 Å². The first-order valence-corrected chi connectivity index (χ1v) is 5.57. The minimum Gasteiger partial charge on any atom is -0.481 e. The van der Waals surface area contributed by atoms with Gasteiger partial charge < -0.3 is 9.84 Å². The third-order valence-corrected chi connectivity index (χ3v) is 2.35. The first-order chi connectivity index (χ1) is 7.06. The van der Waals surface area contributed by atoms with E-state index in [9.17, 15) is 14.4 Å². The molecule has 0 bridgehead atoms. The molecule has 0 unspecified atom stereocenters. The zero-order valence-corrected chi connectivity index (χ0v) is 9.34. The fraction of sp³-hybridized carbons (Fsp3) is 0.667. The molecule has 0 spiro atoms. The summed E-state index contributed by atoms with van der Waals surface area (Å²) in [5.74, 6) is -0.984. The topological polar surface area (TPSA) is 80.7 Å². The van der Waals surface area contributed by atoms with Crippen molar-refractivity contribution in [1.29, 1.82) is 0 Å². The molecule has 0 fully saturated rings. The number of carboxylic acids is 1. The van der Waals surface area contributed by atoms with Gasteiger partial charge in [-0.15, -0.1) is 0 Å². The van der Waals surface area contributed by atoms with Gasteiger partial charge in [-0.1, -0.05) is 11.8 Å². The Balaban J connectivity index is 3.46. The number of hydrogen-bond acceptors (Lipinski definition) is 5. The molecule has 0 aliphatic heterocycles. The number of hydrogen-bond donors (Lipinski definition) is 1. The lowest BCUT2D eigenvalue weighted by molar-refractivity contribution is -0.142. The van der Waals surface area contributed by atoms with E-state index < -0.39 is 5.97 Å². The molecule has 0 amide bonds. The Morgan fingerprint density at radius 1 is 1.20 bits per heavy atom. The predicted octanol–water partition coefficient (Wildman–Crippen LogP) is 1.06. The fourth-order valence-electron chi connectivity index (χ4n) is 0.763. The largest absolute Gasteiger partial charge is 0.481 e. The van der Waals surface area contributed by atoms with E-state index in [1.54, 1.807) is 6.92 Å². The molecule has 6 heteroatoms. The molecule has 0 heterocycles. The maximum Gasteiger partial charge on any atom is 0.306 e. The molecule has 15 heavy (non-hydrogen) atoms. The molecule has 86 valence electrons. The number of rotatable bonds is 7. The van der Waals surface area contributed by atoms with Crippen LogP contribution in [0, 0.1) is 0 Å². The smallest absolute Gasteiger partial charge is 0.306 e. The SMILES string of the molecule is CCOC(=O)CCSC(=O)CCC(=O)O. The van der Waals surface area contributed by atoms with Gasteiger partial charge in [0.25, 0.3) is 0 Å². The Hall–Kier alpha value is -1.04. The first kappa shape index (κ1) is 14.0. The van der Waals surface area contributed by atoms with Gasteiger partial charge in [0.1, 0.15) is 0 Å². The summed E-state index contributed by atoms with van der Waals surface area (Å²) < 4.78 is 4.66. The van der Waals surface area contributed by atoms with Gasteiger partial charge in [0.15, 0.2) is 5.12 Å². The van der Waals surface area contributed by atoms with Crippen molar-refractivity contribution in [2.24, 2.45) is 0 Å². The molecule has 0 aromatic heterocycles. The number of aliphatic carboxylic acids is 1. The molecule has 0 radical (unpaired) electrons. The Kier molecular flexibility index (Phi) is 7.71. The van der Waals surface area contributed by atoms with E-state index in [4.69, 9.17) is 5.11 Å². The maximum atomic E-state index is 11.0. The Morgan fingerprint density at radius 3 is 2.40 bits per heavy atom. The van der Waals surface area contributed by atoms with E-state index in [0.717, 1.165) is 11.8 Å². The average molecular weight is 234 g/mol. The van der Waals surface area contributed by atoms with Crippen molar-refractivity contribution < 1.29 is 24.2 Å². The summed E-state index contributed by atoms with van der Waals surface area (Å²) in [6.07, 6.45) is 0.0192. The van der Waals surface area contributed by atoms with Crippen LogP contribution in [0.3, 0.4) is 0 Å². The summed E-state index contributed by atoms with van der Waals surface area (Å²) >= 11 is 0.970. The Labute approximate surface area is 92.2 Å². The van der Waals surface area contributed by atoms with Gasteiger partial charge in [-0.05, 0) is 6.92 Å². The normalized spacial score (nSPS) is 9.67. The lowest BCUT2D eigenvalue weighted by Crippen LogP contribution is -2.06. The number of thioether (sulfide) groups is 1. The van der Waals surface area contributed by atoms with Crippen molar-refractivity contribution in [3.05, 3.63) is 0 Å². The predicted molar refractivity (Wildman–Crippen MR) is 55.6 cm³/mol. The molecule has 0 aliphatic rings. The third-order valence-electron chi connectivity index (χ3n) is 1.42. The van der Waals surface area contributed by atoms with Crippen LogP contribution in [0.1, 0.15) is 26.2 Å². The standard InChI is InChI=1S/C9H14O5S/c1-2-14-8(12)5-6-15-9(13)4-3-7(10)11/h2-6H2,1H3,(H,10,11). The quantitative estimate of drug-likeness (QED) is 0.663. The van der Waals surface area contributed by atoms with E-state index in [1.165, 1.54) is 0 Å². The van der Waals surface area contributed by atoms with E-state index in [0.29, 0.717) is 12.4 Å². The zero-order valence-electron chi connectivity index (χ0n) is 8.52. The van der Waals surface area contributed by atoms with Crippen LogP contribution in [0.25, 0.3) is 0 Å². The highest BCUT2D eigenvalue weighted by atomic mass is 32.2. The molecular weight excluding hydrogens is 220 g/mol. The van der Waals surface area contributed by atoms with Crippen LogP contribution in [-0.4, -0.2) is 34.5 Å². The molecule has 0 atom stereocenters. The van der Waals surface area contributed by atoms with E-state index in [1.807, 2.05) is 0 Å². The number of carbonyl (C=O) groups excluding carboxylic acids is 2. The fourth-order valence-corrected chi connectivity index (χ4v) is 1.51. The maximum absolute atomic E-state index is 11.0. The van der Waals surface area contributed by atoms with Gasteiger partial charge in [0.2, 0.25) is 0 Å². The second kappa shape index (κ2) is 8.28. The number of esters is 1. The van der Waals surface area contributed by atoms with E-state index in [2.05, 4.69) is 4.74 Å². The Bertz CT molecular complexity index is 239. The van der Waals surface area contributed by atoms with Crippen molar-refractivity contribution in [1.82, 2.24) is 0 Å². The van der Waals surface area contributed by atoms with Crippen LogP contribution in [0.5, 0.6) is 0 Å². The summed E-state index contributed by atoms with van der Waals surface area (Å²) in [5, 5.41) is 8.10. The molecular formula is C9H14O5S. The molecule has 1 N–H and O–H groups in total. The minimum atomic E-state index is -0.991. The summed E-state index contributed by atoms with van der Waals surface area (Å²) in [4.78, 5) is 32.0. The second-order valence-corrected chi connectivity index (χ2v) is 3.82. The molecule has 0 aromatic carbocycles. The van der Waals surface area contributed by atoms with E-state index in [-0.39, 0.29) is 30.3 Å². The molecule has 0 aliphatic carbocycles. The average Bonchev–Trinajstić information content (AvgIpc) is 2.15. The van der Waals surface area contributed by atoms with Gasteiger partial charge in [-0.2, -0.15) is 0 Å². The number of ether oxygens (including phenoxy) is 1. The van der Waals surface area contributed by atoms with E-state index >= 15 is 0 Å². The highest BCUT2D eigenvalue weighted by Gasteiger charge is 2.08. The first-order valence-electron chi connectivity index (χ1n) is 4.59. The summed E-state index contributed by atoms with van der Waals surface area (Å²) in [5.41, 5.74) is 0. The number of carboxylic acid groups (broad SMARTS) is 1. The highest BCUT2D eigenvalue weighted by molar-refractivity contribution is 8.13. The molecule has 0 saturated carbocycles. The monoisotopic (exact) mass is 234 g/mol. The Morgan fingerprint density at radius 2 is 1.87 bits per heavy atom. The molecule has 5 nitrogen and oxygen atoms in total. The lowest BCUT2D eigenvalue weighted by Gasteiger charge is -2.00. The third kappa shape index (κ3) is 9.27. The van der Waals surface area contributed by atoms with Gasteiger partial charge in [0.05, 0.1) is 19.4 Å². The van der Waals surface area contributed by atoms with Crippen molar-refractivity contribution in [3.8, 4) is 0 Å². The van der Waals surface area contributed by atoms with Crippen LogP contribution in [0.15, 0.2) is 0 Å². The van der Waals surface area contributed by atoms with Gasteiger partial charge >= 0.3 is 11.9 Å². The van der Waals surface area contributed by atoms with Crippen molar-refractivity contribution >= 4 is 28.8 Å². The highest BCUT2D eigenvalue weighted by Crippen LogP contribution is 2.09. The second-order valence-electron chi connectivity index (χ2n) is 2.67. The molecule has 0 aromatic rings. The van der Waals surface area contributed by atoms with Crippen molar-refractivity contribution in [2.75, 3.05) is 12.4 Å². The zero-order chi connectivity index (χ0) is 11.7.